The molecule has 0 saturated carbocycles. The fraction of sp³-hybridized carbons (Fsp3) is 1.00. The first-order valence-corrected chi connectivity index (χ1v) is 3.50. The second-order valence-electron chi connectivity index (χ2n) is 1.08. The minimum Gasteiger partial charge on any atom is -0.333 e. The van der Waals surface area contributed by atoms with E-state index in [-0.39, 0.29) is 0 Å². The largest absolute Gasteiger partial charge is 0.421 e. The van der Waals surface area contributed by atoms with Crippen molar-refractivity contribution in [1.82, 2.24) is 0 Å². The Kier molecular flexibility index (Phi) is 5.52. The smallest absolute Gasteiger partial charge is 0.333 e. The molecule has 0 aliphatic rings. The van der Waals surface area contributed by atoms with Gasteiger partial charge in [0, 0.05) is 0 Å². The maximum absolute atomic E-state index is 9.50. The third-order valence-corrected chi connectivity index (χ3v) is 0.651. The number of nitrogens with two attached hydrogens (primary N) is 1. The highest BCUT2D eigenvalue weighted by molar-refractivity contribution is 7.80. The number of aliphatic hydroxyl groups is 3. The van der Waals surface area contributed by atoms with Gasteiger partial charge in [0.1, 0.15) is 0 Å². The van der Waals surface area contributed by atoms with Gasteiger partial charge >= 0.3 is 16.6 Å². The SMILES string of the molecule is CN.O=S(=O)(O)OC(O)(O)O. The quantitative estimate of drug-likeness (QED) is 0.228. The van der Waals surface area contributed by atoms with Crippen LogP contribution in [-0.4, -0.2) is 41.5 Å². The molecule has 0 aromatic carbocycles. The van der Waals surface area contributed by atoms with Gasteiger partial charge in [-0.25, -0.2) is 0 Å². The Morgan fingerprint density at radius 2 is 1.55 bits per heavy atom. The van der Waals surface area contributed by atoms with Gasteiger partial charge < -0.3 is 21.1 Å². The summed E-state index contributed by atoms with van der Waals surface area (Å²) in [5.74, 6) is 0. The fourth-order valence-corrected chi connectivity index (χ4v) is 0.424. The summed E-state index contributed by atoms with van der Waals surface area (Å²) in [7, 11) is -3.53. The lowest BCUT2D eigenvalue weighted by Gasteiger charge is -2.09. The van der Waals surface area contributed by atoms with Crippen LogP contribution >= 0.6 is 0 Å². The molecular formula is C2H9NO7S. The van der Waals surface area contributed by atoms with E-state index in [0.29, 0.717) is 0 Å². The van der Waals surface area contributed by atoms with Crippen LogP contribution in [-0.2, 0) is 14.6 Å². The molecule has 0 unspecified atom stereocenters. The van der Waals surface area contributed by atoms with Crippen molar-refractivity contribution in [3.05, 3.63) is 0 Å². The van der Waals surface area contributed by atoms with E-state index >= 15 is 0 Å². The Balaban J connectivity index is 0. The van der Waals surface area contributed by atoms with Crippen molar-refractivity contribution in [3.8, 4) is 0 Å². The van der Waals surface area contributed by atoms with Crippen LogP contribution in [0.4, 0.5) is 0 Å². The highest BCUT2D eigenvalue weighted by Crippen LogP contribution is 1.99. The minimum absolute atomic E-state index is 1.50. The summed E-state index contributed by atoms with van der Waals surface area (Å²) in [4.78, 5) is 0. The molecule has 0 rings (SSSR count). The van der Waals surface area contributed by atoms with Crippen LogP contribution in [0, 0.1) is 0 Å². The molecule has 0 amide bonds. The predicted octanol–water partition coefficient (Wildman–Crippen LogP) is -3.03. The molecular weight excluding hydrogens is 182 g/mol. The predicted molar refractivity (Wildman–Crippen MR) is 32.1 cm³/mol. The molecule has 0 aromatic heterocycles. The van der Waals surface area contributed by atoms with Crippen molar-refractivity contribution in [3.63, 3.8) is 0 Å². The first-order chi connectivity index (χ1) is 4.71. The zero-order valence-electron chi connectivity index (χ0n) is 5.50. The molecule has 0 radical (unpaired) electrons. The molecule has 0 spiro atoms. The zero-order valence-corrected chi connectivity index (χ0v) is 6.32. The standard InChI is InChI=1S/CH5N.CH4O7S/c1-2;2-1(3,4)8-9(5,6)7/h2H2,1H3;2-4H,(H,5,6,7). The van der Waals surface area contributed by atoms with Gasteiger partial charge in [-0.1, -0.05) is 0 Å². The van der Waals surface area contributed by atoms with E-state index in [0.717, 1.165) is 0 Å². The van der Waals surface area contributed by atoms with E-state index in [4.69, 9.17) is 19.9 Å². The van der Waals surface area contributed by atoms with E-state index in [1.165, 1.54) is 7.05 Å². The van der Waals surface area contributed by atoms with Gasteiger partial charge in [0.05, 0.1) is 0 Å². The van der Waals surface area contributed by atoms with Gasteiger partial charge in [-0.3, -0.25) is 4.55 Å². The Morgan fingerprint density at radius 3 is 1.55 bits per heavy atom. The maximum Gasteiger partial charge on any atom is 0.421 e. The van der Waals surface area contributed by atoms with E-state index in [1.54, 1.807) is 0 Å². The average Bonchev–Trinajstić information content (AvgIpc) is 1.60. The molecule has 0 heterocycles. The molecule has 0 bridgehead atoms. The number of hydrogen-bond acceptors (Lipinski definition) is 7. The molecule has 0 aromatic rings. The van der Waals surface area contributed by atoms with Gasteiger partial charge in [0.15, 0.2) is 0 Å². The fourth-order valence-electron chi connectivity index (χ4n) is 0.141. The van der Waals surface area contributed by atoms with Gasteiger partial charge in [0.25, 0.3) is 0 Å². The van der Waals surface area contributed by atoms with Crippen LogP contribution in [0.1, 0.15) is 0 Å². The third-order valence-electron chi connectivity index (χ3n) is 0.217. The van der Waals surface area contributed by atoms with E-state index < -0.39 is 16.6 Å². The molecule has 8 nitrogen and oxygen atoms in total. The Bertz CT molecular complexity index is 177. The normalized spacial score (nSPS) is 11.8. The average molecular weight is 191 g/mol. The topological polar surface area (TPSA) is 150 Å². The zero-order chi connectivity index (χ0) is 9.71. The highest BCUT2D eigenvalue weighted by Gasteiger charge is 2.27. The molecule has 0 fully saturated rings. The molecule has 9 heteroatoms. The van der Waals surface area contributed by atoms with Crippen LogP contribution in [0.5, 0.6) is 0 Å². The van der Waals surface area contributed by atoms with Crippen LogP contribution in [0.3, 0.4) is 0 Å². The highest BCUT2D eigenvalue weighted by atomic mass is 32.3. The van der Waals surface area contributed by atoms with Crippen LogP contribution < -0.4 is 5.73 Å². The molecule has 6 N–H and O–H groups in total. The monoisotopic (exact) mass is 191 g/mol. The molecule has 11 heavy (non-hydrogen) atoms. The van der Waals surface area contributed by atoms with Crippen LogP contribution in [0.15, 0.2) is 0 Å². The lowest BCUT2D eigenvalue weighted by Crippen LogP contribution is -2.33. The van der Waals surface area contributed by atoms with Gasteiger partial charge in [-0.2, -0.15) is 12.6 Å². The van der Waals surface area contributed by atoms with E-state index in [1.807, 2.05) is 0 Å². The summed E-state index contributed by atoms with van der Waals surface area (Å²) in [5, 5.41) is 23.1. The summed E-state index contributed by atoms with van der Waals surface area (Å²) >= 11 is 0. The third kappa shape index (κ3) is 17.7. The number of hydrogen-bond donors (Lipinski definition) is 5. The molecule has 0 atom stereocenters. The first-order valence-electron chi connectivity index (χ1n) is 2.13. The lowest BCUT2D eigenvalue weighted by molar-refractivity contribution is -0.419. The van der Waals surface area contributed by atoms with Crippen molar-refractivity contribution in [2.45, 2.75) is 6.16 Å². The molecule has 0 aliphatic heterocycles. The van der Waals surface area contributed by atoms with Crippen molar-refractivity contribution in [1.29, 1.82) is 0 Å². The molecule has 70 valence electrons. The summed E-state index contributed by atoms with van der Waals surface area (Å²) < 4.78 is 29.4. The molecule has 0 aliphatic carbocycles. The van der Waals surface area contributed by atoms with E-state index in [2.05, 4.69) is 9.92 Å². The van der Waals surface area contributed by atoms with Crippen molar-refractivity contribution < 1.29 is 32.5 Å². The number of rotatable bonds is 2. The summed E-state index contributed by atoms with van der Waals surface area (Å²) in [6.45, 7) is 0. The lowest BCUT2D eigenvalue weighted by atomic mass is 11.2. The molecule has 0 saturated heterocycles. The second kappa shape index (κ2) is 4.56. The van der Waals surface area contributed by atoms with Gasteiger partial charge in [-0.05, 0) is 7.05 Å². The van der Waals surface area contributed by atoms with Crippen LogP contribution in [0.2, 0.25) is 0 Å². The Labute approximate surface area is 62.8 Å². The van der Waals surface area contributed by atoms with Crippen molar-refractivity contribution in [2.24, 2.45) is 5.73 Å². The van der Waals surface area contributed by atoms with Crippen LogP contribution in [0.25, 0.3) is 0 Å². The summed E-state index contributed by atoms with van der Waals surface area (Å²) in [5.41, 5.74) is 4.50. The van der Waals surface area contributed by atoms with Crippen molar-refractivity contribution >= 4 is 10.4 Å². The summed E-state index contributed by atoms with van der Waals surface area (Å²) in [6, 6.07) is 0. The summed E-state index contributed by atoms with van der Waals surface area (Å²) in [6.07, 6.45) is -3.85. The minimum atomic E-state index is -5.03. The first kappa shape index (κ1) is 13.3. The van der Waals surface area contributed by atoms with Crippen molar-refractivity contribution in [2.75, 3.05) is 7.05 Å². The Hall–Kier alpha value is -0.290. The maximum atomic E-state index is 9.50. The van der Waals surface area contributed by atoms with Gasteiger partial charge in [-0.15, -0.1) is 0 Å². The second-order valence-corrected chi connectivity index (χ2v) is 2.11. The van der Waals surface area contributed by atoms with E-state index in [9.17, 15) is 8.42 Å². The van der Waals surface area contributed by atoms with Gasteiger partial charge in [0.2, 0.25) is 0 Å². The Morgan fingerprint density at radius 1 is 1.27 bits per heavy atom.